The van der Waals surface area contributed by atoms with Crippen molar-refractivity contribution >= 4 is 0 Å². The molecule has 0 aliphatic heterocycles. The second-order valence-corrected chi connectivity index (χ2v) is 17.2. The minimum atomic E-state index is 1.01. The van der Waals surface area contributed by atoms with Gasteiger partial charge in [-0.3, -0.25) is 0 Å². The first-order chi connectivity index (χ1) is 24.5. The predicted molar refractivity (Wildman–Crippen MR) is 256 cm³/mol. The first-order valence-corrected chi connectivity index (χ1v) is 24.5. The van der Waals surface area contributed by atoms with Crippen LogP contribution in [0.25, 0.3) is 0 Å². The van der Waals surface area contributed by atoms with Crippen molar-refractivity contribution in [3.05, 3.63) is 0 Å². The normalized spacial score (nSPS) is 25.4. The molecule has 0 aromatic heterocycles. The van der Waals surface area contributed by atoms with Gasteiger partial charge in [0.2, 0.25) is 0 Å². The van der Waals surface area contributed by atoms with Crippen LogP contribution in [0.1, 0.15) is 295 Å². The molecule has 4 rings (SSSR count). The lowest BCUT2D eigenvalue weighted by molar-refractivity contribution is 0.457. The van der Waals surface area contributed by atoms with Crippen LogP contribution in [-0.2, 0) is 0 Å². The van der Waals surface area contributed by atoms with Gasteiger partial charge >= 0.3 is 0 Å². The monoisotopic (exact) mass is 745 g/mol. The molecule has 0 amide bonds. The van der Waals surface area contributed by atoms with Gasteiger partial charge in [-0.25, -0.2) is 0 Å². The molecule has 0 radical (unpaired) electrons. The zero-order valence-corrected chi connectivity index (χ0v) is 42.8. The summed E-state index contributed by atoms with van der Waals surface area (Å²) in [5.74, 6) is 8.11. The van der Waals surface area contributed by atoms with Gasteiger partial charge in [-0.05, 0) is 47.3 Å². The number of hydrogen-bond donors (Lipinski definition) is 0. The van der Waals surface area contributed by atoms with Crippen molar-refractivity contribution in [3.8, 4) is 0 Å². The maximum absolute atomic E-state index is 2.36. The summed E-state index contributed by atoms with van der Waals surface area (Å²) >= 11 is 0. The summed E-state index contributed by atoms with van der Waals surface area (Å²) in [6.45, 7) is 52.9. The zero-order valence-electron chi connectivity index (χ0n) is 42.8. The Labute approximate surface area is 340 Å². The lowest BCUT2D eigenvalue weighted by atomic mass is 10.0. The molecule has 0 aromatic rings. The van der Waals surface area contributed by atoms with Crippen LogP contribution in [-0.4, -0.2) is 0 Å². The predicted octanol–water partition coefficient (Wildman–Crippen LogP) is 21.1. The lowest BCUT2D eigenvalue weighted by Crippen LogP contribution is -1.95. The van der Waals surface area contributed by atoms with E-state index in [2.05, 4.69) is 166 Å². The summed E-state index contributed by atoms with van der Waals surface area (Å²) in [6, 6.07) is 0. The highest BCUT2D eigenvalue weighted by atomic mass is 14.2. The molecule has 52 heavy (non-hydrogen) atoms. The fraction of sp³-hybridized carbons (Fsp3) is 1.00. The minimum Gasteiger partial charge on any atom is -0.0656 e. The van der Waals surface area contributed by atoms with E-state index < -0.39 is 0 Å². The second kappa shape index (κ2) is 65.9. The van der Waals surface area contributed by atoms with Gasteiger partial charge in [0.1, 0.15) is 0 Å². The SMILES string of the molecule is CCC.CCC.CCC.CCC.CCC.CCC.CCC.CCC.C[C@@H]1CCC[C@@H]1C.C[C@@H]1CCC[C@@H]1C.C[C@@H]1CCC[C@H]1C.C[C@H]1CCC[C@@H]1C. The maximum atomic E-state index is 2.36. The topological polar surface area (TPSA) is 0 Å². The molecule has 0 heteroatoms. The van der Waals surface area contributed by atoms with Crippen LogP contribution in [0.5, 0.6) is 0 Å². The van der Waals surface area contributed by atoms with Gasteiger partial charge in [-0.2, -0.15) is 0 Å². The molecule has 0 nitrogen and oxygen atoms in total. The van der Waals surface area contributed by atoms with Crippen LogP contribution in [0, 0.1) is 47.3 Å². The Morgan fingerprint density at radius 2 is 0.250 bits per heavy atom. The Hall–Kier alpha value is 0. The third-order valence-electron chi connectivity index (χ3n) is 9.16. The van der Waals surface area contributed by atoms with Gasteiger partial charge in [0.25, 0.3) is 0 Å². The molecule has 4 aliphatic rings. The van der Waals surface area contributed by atoms with E-state index in [0.717, 1.165) is 47.3 Å². The fourth-order valence-corrected chi connectivity index (χ4v) is 5.32. The average molecular weight is 746 g/mol. The van der Waals surface area contributed by atoms with E-state index in [9.17, 15) is 0 Å². The molecule has 0 bridgehead atoms. The molecular weight excluding hydrogens is 625 g/mol. The Morgan fingerprint density at radius 3 is 0.269 bits per heavy atom. The van der Waals surface area contributed by atoms with Crippen molar-refractivity contribution in [1.82, 2.24) is 0 Å². The van der Waals surface area contributed by atoms with Gasteiger partial charge in [0.05, 0.1) is 0 Å². The average Bonchev–Trinajstić information content (AvgIpc) is 3.85. The summed E-state index contributed by atoms with van der Waals surface area (Å²) < 4.78 is 0. The van der Waals surface area contributed by atoms with Crippen molar-refractivity contribution in [2.45, 2.75) is 295 Å². The van der Waals surface area contributed by atoms with Crippen LogP contribution >= 0.6 is 0 Å². The first kappa shape index (κ1) is 69.9. The summed E-state index contributed by atoms with van der Waals surface area (Å²) in [6.07, 6.45) is 27.7. The van der Waals surface area contributed by atoms with Crippen molar-refractivity contribution in [2.75, 3.05) is 0 Å². The van der Waals surface area contributed by atoms with E-state index in [0.29, 0.717) is 0 Å². The molecule has 4 fully saturated rings. The molecule has 0 saturated heterocycles. The summed E-state index contributed by atoms with van der Waals surface area (Å²) in [5, 5.41) is 0. The van der Waals surface area contributed by atoms with Crippen molar-refractivity contribution in [1.29, 1.82) is 0 Å². The van der Waals surface area contributed by atoms with E-state index >= 15 is 0 Å². The molecule has 328 valence electrons. The quantitative estimate of drug-likeness (QED) is 0.232. The van der Waals surface area contributed by atoms with Crippen LogP contribution in [0.15, 0.2) is 0 Å². The summed E-state index contributed by atoms with van der Waals surface area (Å²) in [7, 11) is 0. The van der Waals surface area contributed by atoms with Crippen LogP contribution in [0.3, 0.4) is 0 Å². The van der Waals surface area contributed by atoms with E-state index in [1.54, 1.807) is 0 Å². The number of hydrogen-bond acceptors (Lipinski definition) is 0. The van der Waals surface area contributed by atoms with Crippen LogP contribution in [0.2, 0.25) is 0 Å². The van der Waals surface area contributed by atoms with E-state index in [1.807, 2.05) is 0 Å². The molecule has 4 aliphatic carbocycles. The minimum absolute atomic E-state index is 1.01. The molecule has 0 N–H and O–H groups in total. The second-order valence-electron chi connectivity index (χ2n) is 17.2. The molecule has 0 unspecified atom stereocenters. The van der Waals surface area contributed by atoms with Gasteiger partial charge in [-0.15, -0.1) is 0 Å². The maximum Gasteiger partial charge on any atom is -0.0417 e. The first-order valence-electron chi connectivity index (χ1n) is 24.5. The van der Waals surface area contributed by atoms with Gasteiger partial charge in [0, 0.05) is 0 Å². The smallest absolute Gasteiger partial charge is 0.0417 e. The van der Waals surface area contributed by atoms with Crippen molar-refractivity contribution in [3.63, 3.8) is 0 Å². The van der Waals surface area contributed by atoms with Crippen LogP contribution in [0.4, 0.5) is 0 Å². The van der Waals surface area contributed by atoms with Gasteiger partial charge in [-0.1, -0.05) is 295 Å². The third kappa shape index (κ3) is 75.0. The Morgan fingerprint density at radius 1 is 0.192 bits per heavy atom. The highest BCUT2D eigenvalue weighted by Gasteiger charge is 2.19. The highest BCUT2D eigenvalue weighted by Crippen LogP contribution is 2.31. The molecule has 0 aromatic carbocycles. The van der Waals surface area contributed by atoms with Gasteiger partial charge < -0.3 is 0 Å². The molecule has 4 saturated carbocycles. The van der Waals surface area contributed by atoms with Gasteiger partial charge in [0.15, 0.2) is 0 Å². The standard InChI is InChI=1S/4C7H14.8C3H8/c4*1-6-4-3-5-7(6)2;8*1-3-2/h4*6-7H,3-5H2,1-2H3;8*3H2,1-2H3/t2*6-,7+;2*6-,7-;;;;;;;;/m..10......../s1. The van der Waals surface area contributed by atoms with E-state index in [-0.39, 0.29) is 0 Å². The Kier molecular flexibility index (Phi) is 88.5. The molecule has 0 spiro atoms. The van der Waals surface area contributed by atoms with Crippen LogP contribution < -0.4 is 0 Å². The molecule has 0 heterocycles. The molecule has 8 atom stereocenters. The van der Waals surface area contributed by atoms with Crippen molar-refractivity contribution in [2.24, 2.45) is 47.3 Å². The lowest BCUT2D eigenvalue weighted by Gasteiger charge is -2.05. The third-order valence-corrected chi connectivity index (χ3v) is 9.16. The van der Waals surface area contributed by atoms with E-state index in [4.69, 9.17) is 0 Å². The van der Waals surface area contributed by atoms with E-state index in [1.165, 1.54) is 128 Å². The highest BCUT2D eigenvalue weighted by molar-refractivity contribution is 4.71. The summed E-state index contributed by atoms with van der Waals surface area (Å²) in [5.41, 5.74) is 0. The summed E-state index contributed by atoms with van der Waals surface area (Å²) in [4.78, 5) is 0. The Balaban J connectivity index is -0.0000000696. The Bertz CT molecular complexity index is 352. The largest absolute Gasteiger partial charge is 0.0656 e. The number of rotatable bonds is 0. The van der Waals surface area contributed by atoms with Crippen molar-refractivity contribution < 1.29 is 0 Å². The fourth-order valence-electron chi connectivity index (χ4n) is 5.32. The molecular formula is C52H120. The zero-order chi connectivity index (χ0) is 42.8.